The van der Waals surface area contributed by atoms with Crippen molar-refractivity contribution < 1.29 is 10.0 Å². The third-order valence-corrected chi connectivity index (χ3v) is 3.51. The number of nitrogens with zero attached hydrogens (tertiary/aromatic N) is 3. The van der Waals surface area contributed by atoms with Crippen molar-refractivity contribution in [2.45, 2.75) is 25.8 Å². The second kappa shape index (κ2) is 7.58. The number of pyridine rings is 1. The van der Waals surface area contributed by atoms with Crippen LogP contribution in [0, 0.1) is 0 Å². The molecule has 0 saturated carbocycles. The molecule has 1 aliphatic rings. The molecule has 1 amide bonds. The van der Waals surface area contributed by atoms with Crippen LogP contribution in [0.3, 0.4) is 0 Å². The molecule has 0 radical (unpaired) electrons. The van der Waals surface area contributed by atoms with Crippen molar-refractivity contribution in [1.29, 1.82) is 0 Å². The highest BCUT2D eigenvalue weighted by atomic mass is 16.4. The Morgan fingerprint density at radius 2 is 2.19 bits per heavy atom. The molecular weight excluding hydrogens is 270 g/mol. The Labute approximate surface area is 123 Å². The van der Waals surface area contributed by atoms with E-state index in [9.17, 15) is 4.79 Å². The van der Waals surface area contributed by atoms with E-state index in [4.69, 9.17) is 10.9 Å². The number of hydrogen-bond acceptors (Lipinski definition) is 5. The Morgan fingerprint density at radius 1 is 1.43 bits per heavy atom. The van der Waals surface area contributed by atoms with Crippen LogP contribution in [0.5, 0.6) is 0 Å². The summed E-state index contributed by atoms with van der Waals surface area (Å²) in [6, 6.07) is 3.56. The van der Waals surface area contributed by atoms with Crippen molar-refractivity contribution in [3.8, 4) is 0 Å². The predicted molar refractivity (Wildman–Crippen MR) is 78.9 cm³/mol. The number of nitrogens with one attached hydrogen (secondary N) is 1. The van der Waals surface area contributed by atoms with E-state index in [1.807, 2.05) is 11.0 Å². The smallest absolute Gasteiger partial charge is 0.236 e. The number of nitrogens with two attached hydrogens (primary N) is 1. The van der Waals surface area contributed by atoms with E-state index in [1.54, 1.807) is 12.3 Å². The number of carbonyl (C=O) groups is 1. The van der Waals surface area contributed by atoms with Crippen molar-refractivity contribution in [1.82, 2.24) is 15.2 Å². The van der Waals surface area contributed by atoms with E-state index in [1.165, 1.54) is 6.42 Å². The van der Waals surface area contributed by atoms with Crippen LogP contribution >= 0.6 is 0 Å². The van der Waals surface area contributed by atoms with E-state index in [0.29, 0.717) is 18.8 Å². The first-order valence-electron chi connectivity index (χ1n) is 7.12. The van der Waals surface area contributed by atoms with Crippen LogP contribution in [-0.2, 0) is 11.3 Å². The maximum absolute atomic E-state index is 12.0. The van der Waals surface area contributed by atoms with Gasteiger partial charge in [-0.1, -0.05) is 5.16 Å². The van der Waals surface area contributed by atoms with E-state index < -0.39 is 0 Å². The molecule has 2 rings (SSSR count). The molecule has 0 spiro atoms. The standard InChI is InChI=1S/C14H21N5O2/c15-14(18-21)12-8-11(4-5-17-12)9-16-10-13(20)19-6-2-1-3-7-19/h4-5,8,16,21H,1-3,6-7,9-10H2,(H2,15,18). The Hall–Kier alpha value is -2.15. The summed E-state index contributed by atoms with van der Waals surface area (Å²) in [6.07, 6.45) is 5.00. The van der Waals surface area contributed by atoms with Gasteiger partial charge in [0.05, 0.1) is 6.54 Å². The number of likely N-dealkylation sites (tertiary alicyclic amines) is 1. The molecule has 1 saturated heterocycles. The molecule has 1 aliphatic heterocycles. The molecule has 7 heteroatoms. The quantitative estimate of drug-likeness (QED) is 0.313. The highest BCUT2D eigenvalue weighted by molar-refractivity contribution is 5.95. The molecule has 1 aromatic rings. The summed E-state index contributed by atoms with van der Waals surface area (Å²) in [6.45, 7) is 2.59. The molecule has 0 unspecified atom stereocenters. The van der Waals surface area contributed by atoms with E-state index in [2.05, 4.69) is 15.5 Å². The first kappa shape index (κ1) is 15.2. The fourth-order valence-electron chi connectivity index (χ4n) is 2.34. The van der Waals surface area contributed by atoms with Gasteiger partial charge in [-0.3, -0.25) is 9.78 Å². The van der Waals surface area contributed by atoms with Gasteiger partial charge >= 0.3 is 0 Å². The highest BCUT2D eigenvalue weighted by Crippen LogP contribution is 2.08. The summed E-state index contributed by atoms with van der Waals surface area (Å²) in [4.78, 5) is 17.9. The van der Waals surface area contributed by atoms with Crippen molar-refractivity contribution in [3.05, 3.63) is 29.6 Å². The zero-order valence-electron chi connectivity index (χ0n) is 12.0. The molecule has 4 N–H and O–H groups in total. The number of piperidine rings is 1. The number of hydrogen-bond donors (Lipinski definition) is 3. The summed E-state index contributed by atoms with van der Waals surface area (Å²) in [7, 11) is 0. The molecular formula is C14H21N5O2. The lowest BCUT2D eigenvalue weighted by Gasteiger charge is -2.26. The third kappa shape index (κ3) is 4.42. The van der Waals surface area contributed by atoms with Crippen molar-refractivity contribution in [2.24, 2.45) is 10.9 Å². The summed E-state index contributed by atoms with van der Waals surface area (Å²) in [5.74, 6) is 0.113. The van der Waals surface area contributed by atoms with Gasteiger partial charge < -0.3 is 21.2 Å². The first-order chi connectivity index (χ1) is 10.2. The van der Waals surface area contributed by atoms with E-state index >= 15 is 0 Å². The topological polar surface area (TPSA) is 104 Å². The molecule has 0 bridgehead atoms. The number of carbonyl (C=O) groups excluding carboxylic acids is 1. The number of oxime groups is 1. The number of amidine groups is 1. The second-order valence-electron chi connectivity index (χ2n) is 5.08. The second-order valence-corrected chi connectivity index (χ2v) is 5.08. The molecule has 1 aromatic heterocycles. The fraction of sp³-hybridized carbons (Fsp3) is 0.500. The fourth-order valence-corrected chi connectivity index (χ4v) is 2.34. The van der Waals surface area contributed by atoms with Gasteiger partial charge in [-0.15, -0.1) is 0 Å². The van der Waals surface area contributed by atoms with Gasteiger partial charge in [0.25, 0.3) is 0 Å². The van der Waals surface area contributed by atoms with Gasteiger partial charge in [0.15, 0.2) is 5.84 Å². The summed E-state index contributed by atoms with van der Waals surface area (Å²) < 4.78 is 0. The zero-order chi connectivity index (χ0) is 15.1. The van der Waals surface area contributed by atoms with Crippen LogP contribution in [0.4, 0.5) is 0 Å². The van der Waals surface area contributed by atoms with E-state index in [-0.39, 0.29) is 11.7 Å². The Morgan fingerprint density at radius 3 is 2.90 bits per heavy atom. The maximum atomic E-state index is 12.0. The normalized spacial score (nSPS) is 16.0. The summed E-state index contributed by atoms with van der Waals surface area (Å²) in [5, 5.41) is 14.7. The largest absolute Gasteiger partial charge is 0.409 e. The van der Waals surface area contributed by atoms with Crippen LogP contribution in [0.1, 0.15) is 30.5 Å². The predicted octanol–water partition coefficient (Wildman–Crippen LogP) is 0.278. The van der Waals surface area contributed by atoms with Crippen LogP contribution in [0.15, 0.2) is 23.5 Å². The summed E-state index contributed by atoms with van der Waals surface area (Å²) in [5.41, 5.74) is 6.84. The Kier molecular flexibility index (Phi) is 5.51. The minimum atomic E-state index is -0.0266. The number of aromatic nitrogens is 1. The van der Waals surface area contributed by atoms with Gasteiger partial charge in [0.2, 0.25) is 5.91 Å². The lowest BCUT2D eigenvalue weighted by Crippen LogP contribution is -2.40. The molecule has 1 fully saturated rings. The average molecular weight is 291 g/mol. The molecule has 7 nitrogen and oxygen atoms in total. The maximum Gasteiger partial charge on any atom is 0.236 e. The first-order valence-corrected chi connectivity index (χ1v) is 7.12. The average Bonchev–Trinajstić information content (AvgIpc) is 2.55. The minimum absolute atomic E-state index is 0.0266. The zero-order valence-corrected chi connectivity index (χ0v) is 12.0. The molecule has 114 valence electrons. The van der Waals surface area contributed by atoms with Crippen molar-refractivity contribution >= 4 is 11.7 Å². The molecule has 0 atom stereocenters. The van der Waals surface area contributed by atoms with Crippen LogP contribution in [0.2, 0.25) is 0 Å². The summed E-state index contributed by atoms with van der Waals surface area (Å²) >= 11 is 0. The van der Waals surface area contributed by atoms with Crippen molar-refractivity contribution in [3.63, 3.8) is 0 Å². The SMILES string of the molecule is N/C(=N/O)c1cc(CNCC(=O)N2CCCCC2)ccn1. The molecule has 0 aliphatic carbocycles. The van der Waals surface area contributed by atoms with Crippen molar-refractivity contribution in [2.75, 3.05) is 19.6 Å². The van der Waals surface area contributed by atoms with Gasteiger partial charge in [-0.2, -0.15) is 0 Å². The van der Waals surface area contributed by atoms with Gasteiger partial charge in [-0.05, 0) is 37.0 Å². The Bertz CT molecular complexity index is 512. The molecule has 0 aromatic carbocycles. The Balaban J connectivity index is 1.81. The lowest BCUT2D eigenvalue weighted by atomic mass is 10.1. The van der Waals surface area contributed by atoms with Crippen LogP contribution in [0.25, 0.3) is 0 Å². The molecule has 21 heavy (non-hydrogen) atoms. The van der Waals surface area contributed by atoms with Gasteiger partial charge in [-0.25, -0.2) is 0 Å². The van der Waals surface area contributed by atoms with Crippen LogP contribution < -0.4 is 11.1 Å². The molecule has 2 heterocycles. The third-order valence-electron chi connectivity index (χ3n) is 3.51. The highest BCUT2D eigenvalue weighted by Gasteiger charge is 2.15. The van der Waals surface area contributed by atoms with Crippen LogP contribution in [-0.4, -0.2) is 46.5 Å². The monoisotopic (exact) mass is 291 g/mol. The van der Waals surface area contributed by atoms with Gasteiger partial charge in [0.1, 0.15) is 5.69 Å². The number of amides is 1. The van der Waals surface area contributed by atoms with E-state index in [0.717, 1.165) is 31.5 Å². The number of rotatable bonds is 5. The lowest BCUT2D eigenvalue weighted by molar-refractivity contribution is -0.131. The van der Waals surface area contributed by atoms with Gasteiger partial charge in [0, 0.05) is 25.8 Å². The minimum Gasteiger partial charge on any atom is -0.409 e.